The summed E-state index contributed by atoms with van der Waals surface area (Å²) in [4.78, 5) is 12.9. The lowest BCUT2D eigenvalue weighted by molar-refractivity contribution is -0.301. The Bertz CT molecular complexity index is 1360. The highest BCUT2D eigenvalue weighted by Gasteiger charge is 2.48. The molecule has 0 aromatic rings. The summed E-state index contributed by atoms with van der Waals surface area (Å²) in [5.41, 5.74) is 0. The van der Waals surface area contributed by atoms with Crippen molar-refractivity contribution in [3.05, 3.63) is 72.9 Å². The zero-order chi connectivity index (χ0) is 45.4. The second kappa shape index (κ2) is 40.1. The van der Waals surface area contributed by atoms with Crippen molar-refractivity contribution in [1.29, 1.82) is 0 Å². The minimum atomic E-state index is -5.07. The van der Waals surface area contributed by atoms with Gasteiger partial charge in [-0.2, -0.15) is 8.42 Å². The van der Waals surface area contributed by atoms with Crippen LogP contribution >= 0.6 is 0 Å². The minimum Gasteiger partial charge on any atom is -0.457 e. The summed E-state index contributed by atoms with van der Waals surface area (Å²) in [6.07, 6.45) is 42.1. The van der Waals surface area contributed by atoms with E-state index in [1.165, 1.54) is 32.1 Å². The Labute approximate surface area is 375 Å². The molecule has 358 valence electrons. The highest BCUT2D eigenvalue weighted by atomic mass is 32.3. The third-order valence-corrected chi connectivity index (χ3v) is 10.8. The van der Waals surface area contributed by atoms with Crippen molar-refractivity contribution < 1.29 is 56.2 Å². The summed E-state index contributed by atoms with van der Waals surface area (Å²) in [5, 5.41) is 30.7. The van der Waals surface area contributed by atoms with Crippen LogP contribution in [0.1, 0.15) is 168 Å². The molecule has 1 heterocycles. The van der Waals surface area contributed by atoms with E-state index >= 15 is 0 Å². The molecule has 1 aliphatic heterocycles. The van der Waals surface area contributed by atoms with Gasteiger partial charge in [0.05, 0.1) is 19.8 Å². The van der Waals surface area contributed by atoms with Gasteiger partial charge in [-0.15, -0.1) is 0 Å². The number of aliphatic hydroxyl groups excluding tert-OH is 3. The fourth-order valence-electron chi connectivity index (χ4n) is 6.75. The number of hydrogen-bond acceptors (Lipinski definition) is 11. The first-order chi connectivity index (χ1) is 30.1. The summed E-state index contributed by atoms with van der Waals surface area (Å²) in [5.74, 6) is -0.420. The molecule has 6 atom stereocenters. The van der Waals surface area contributed by atoms with Gasteiger partial charge in [-0.25, -0.2) is 4.18 Å². The van der Waals surface area contributed by atoms with Crippen LogP contribution in [0, 0.1) is 0 Å². The van der Waals surface area contributed by atoms with Crippen molar-refractivity contribution in [3.8, 4) is 0 Å². The van der Waals surface area contributed by atoms with Crippen LogP contribution in [-0.4, -0.2) is 97.5 Å². The Morgan fingerprint density at radius 2 is 1.11 bits per heavy atom. The monoisotopic (exact) mass is 897 g/mol. The van der Waals surface area contributed by atoms with Gasteiger partial charge >= 0.3 is 16.4 Å². The fraction of sp³-hybridized carbons (Fsp3) is 0.735. The molecule has 0 amide bonds. The number of carbonyl (C=O) groups excluding carboxylic acids is 1. The number of rotatable bonds is 40. The maximum absolute atomic E-state index is 12.9. The molecular formula is C49H84O12S. The molecule has 1 aliphatic rings. The molecule has 0 aromatic heterocycles. The van der Waals surface area contributed by atoms with Crippen molar-refractivity contribution in [2.45, 2.75) is 205 Å². The molecule has 1 saturated heterocycles. The van der Waals surface area contributed by atoms with Crippen LogP contribution in [0.3, 0.4) is 0 Å². The maximum Gasteiger partial charge on any atom is 0.397 e. The molecule has 0 bridgehead atoms. The van der Waals surface area contributed by atoms with Crippen LogP contribution in [-0.2, 0) is 38.3 Å². The van der Waals surface area contributed by atoms with Crippen molar-refractivity contribution in [1.82, 2.24) is 0 Å². The van der Waals surface area contributed by atoms with E-state index in [0.717, 1.165) is 109 Å². The zero-order valence-electron chi connectivity index (χ0n) is 38.2. The predicted octanol–water partition coefficient (Wildman–Crippen LogP) is 10.3. The number of hydrogen-bond donors (Lipinski definition) is 4. The first kappa shape index (κ1) is 57.6. The molecular weight excluding hydrogens is 813 g/mol. The predicted molar refractivity (Wildman–Crippen MR) is 248 cm³/mol. The smallest absolute Gasteiger partial charge is 0.397 e. The number of carbonyl (C=O) groups is 1. The Morgan fingerprint density at radius 1 is 0.629 bits per heavy atom. The summed E-state index contributed by atoms with van der Waals surface area (Å²) >= 11 is 0. The van der Waals surface area contributed by atoms with E-state index in [2.05, 4.69) is 90.9 Å². The number of unbranched alkanes of at least 4 members (excludes halogenated alkanes) is 15. The van der Waals surface area contributed by atoms with Crippen LogP contribution in [0.2, 0.25) is 0 Å². The lowest BCUT2D eigenvalue weighted by Gasteiger charge is -2.41. The SMILES string of the molecule is CC/C=C\C/C=C\C/C=C\CCCCCCCCOCC(COC1OC(CO)C(O)C(OS(=O)(=O)O)C1O)OC(=O)CCCCCCCC/C=C\C/C=C\C/C=C\CCCCC. The molecule has 1 rings (SSSR count). The second-order valence-electron chi connectivity index (χ2n) is 16.0. The van der Waals surface area contributed by atoms with Gasteiger partial charge in [0.2, 0.25) is 0 Å². The molecule has 4 N–H and O–H groups in total. The van der Waals surface area contributed by atoms with E-state index in [1.807, 2.05) is 0 Å². The van der Waals surface area contributed by atoms with Gasteiger partial charge < -0.3 is 34.3 Å². The Morgan fingerprint density at radius 3 is 1.63 bits per heavy atom. The quantitative estimate of drug-likeness (QED) is 0.0198. The molecule has 6 unspecified atom stereocenters. The van der Waals surface area contributed by atoms with Gasteiger partial charge in [0.25, 0.3) is 0 Å². The summed E-state index contributed by atoms with van der Waals surface area (Å²) in [6, 6.07) is 0. The van der Waals surface area contributed by atoms with Crippen molar-refractivity contribution in [2.75, 3.05) is 26.4 Å². The van der Waals surface area contributed by atoms with Gasteiger partial charge in [-0.1, -0.05) is 151 Å². The first-order valence-corrected chi connectivity index (χ1v) is 25.1. The number of aliphatic hydroxyl groups is 3. The van der Waals surface area contributed by atoms with Gasteiger partial charge in [-0.3, -0.25) is 9.35 Å². The number of esters is 1. The van der Waals surface area contributed by atoms with Crippen LogP contribution in [0.5, 0.6) is 0 Å². The first-order valence-electron chi connectivity index (χ1n) is 23.7. The third-order valence-electron chi connectivity index (χ3n) is 10.3. The van der Waals surface area contributed by atoms with Crippen LogP contribution < -0.4 is 0 Å². The van der Waals surface area contributed by atoms with Crippen molar-refractivity contribution in [3.63, 3.8) is 0 Å². The lowest BCUT2D eigenvalue weighted by atomic mass is 9.99. The molecule has 13 heteroatoms. The normalized spacial score (nSPS) is 20.6. The van der Waals surface area contributed by atoms with Gasteiger partial charge in [0.15, 0.2) is 6.29 Å². The largest absolute Gasteiger partial charge is 0.457 e. The molecule has 0 saturated carbocycles. The minimum absolute atomic E-state index is 0.0177. The molecule has 62 heavy (non-hydrogen) atoms. The number of allylic oxidation sites excluding steroid dienone is 12. The van der Waals surface area contributed by atoms with Crippen LogP contribution in [0.25, 0.3) is 0 Å². The second-order valence-corrected chi connectivity index (χ2v) is 17.0. The molecule has 0 aromatic carbocycles. The summed E-state index contributed by atoms with van der Waals surface area (Å²) < 4.78 is 59.1. The highest BCUT2D eigenvalue weighted by molar-refractivity contribution is 7.80. The molecule has 12 nitrogen and oxygen atoms in total. The Kier molecular flexibility index (Phi) is 37.2. The highest BCUT2D eigenvalue weighted by Crippen LogP contribution is 2.26. The van der Waals surface area contributed by atoms with Crippen LogP contribution in [0.15, 0.2) is 72.9 Å². The third kappa shape index (κ3) is 33.1. The van der Waals surface area contributed by atoms with E-state index < -0.39 is 59.8 Å². The van der Waals surface area contributed by atoms with E-state index in [9.17, 15) is 33.1 Å². The van der Waals surface area contributed by atoms with Crippen LogP contribution in [0.4, 0.5) is 0 Å². The zero-order valence-corrected chi connectivity index (χ0v) is 39.0. The van der Waals surface area contributed by atoms with Gasteiger partial charge in [0, 0.05) is 13.0 Å². The van der Waals surface area contributed by atoms with E-state index in [-0.39, 0.29) is 19.6 Å². The molecule has 1 fully saturated rings. The molecule has 0 aliphatic carbocycles. The van der Waals surface area contributed by atoms with E-state index in [4.69, 9.17) is 18.9 Å². The molecule has 0 spiro atoms. The molecule has 0 radical (unpaired) electrons. The van der Waals surface area contributed by atoms with E-state index in [0.29, 0.717) is 13.0 Å². The topological polar surface area (TPSA) is 178 Å². The average Bonchev–Trinajstić information content (AvgIpc) is 3.24. The van der Waals surface area contributed by atoms with Gasteiger partial charge in [0.1, 0.15) is 30.5 Å². The lowest BCUT2D eigenvalue weighted by Crippen LogP contribution is -2.60. The average molecular weight is 897 g/mol. The Hall–Kier alpha value is -2.46. The fourth-order valence-corrected chi connectivity index (χ4v) is 7.26. The van der Waals surface area contributed by atoms with Crippen molar-refractivity contribution in [2.24, 2.45) is 0 Å². The summed E-state index contributed by atoms with van der Waals surface area (Å²) in [7, 11) is -5.07. The summed E-state index contributed by atoms with van der Waals surface area (Å²) in [6.45, 7) is 3.79. The Balaban J connectivity index is 2.43. The van der Waals surface area contributed by atoms with Gasteiger partial charge in [-0.05, 0) is 83.5 Å². The van der Waals surface area contributed by atoms with E-state index in [1.54, 1.807) is 0 Å². The van der Waals surface area contributed by atoms with Crippen molar-refractivity contribution >= 4 is 16.4 Å². The number of ether oxygens (including phenoxy) is 4. The maximum atomic E-state index is 12.9. The standard InChI is InChI=1S/C49H84O12S/c1-3-5-7-9-11-13-15-17-19-21-22-23-24-26-28-30-32-34-36-38-45(51)59-43(42-58-49-47(53)48(61-62(54,55)56)46(52)44(40-50)60-49)41-57-39-37-35-33-31-29-27-25-20-18-16-14-12-10-8-6-4-2/h6,8,11-14,17-20,22-23,43-44,46-50,52-53H,3-5,7,9-10,15-16,21,24-42H2,1-2H3,(H,54,55,56)/b8-6-,13-11-,14-12-,19-17-,20-18-,23-22-.